The van der Waals surface area contributed by atoms with Crippen LogP contribution in [0.5, 0.6) is 0 Å². The molecule has 0 unspecified atom stereocenters. The van der Waals surface area contributed by atoms with Gasteiger partial charge in [0.05, 0.1) is 15.8 Å². The number of hydrogen-bond donors (Lipinski definition) is 0. The summed E-state index contributed by atoms with van der Waals surface area (Å²) in [6.45, 7) is 2.53. The standard InChI is InChI=1S/C13H11ClN2O4S2/c1-4-7-16(13(17)10-5-6-11(14)21-10)22(18,19)12-8(2)15-20-9(12)3/h1,5-6H,7H2,2-3H3. The fourth-order valence-corrected chi connectivity index (χ4v) is 4.50. The van der Waals surface area contributed by atoms with E-state index in [9.17, 15) is 13.2 Å². The van der Waals surface area contributed by atoms with E-state index in [4.69, 9.17) is 22.5 Å². The summed E-state index contributed by atoms with van der Waals surface area (Å²) >= 11 is 6.76. The van der Waals surface area contributed by atoms with Crippen molar-refractivity contribution in [2.24, 2.45) is 0 Å². The third-order valence-corrected chi connectivity index (χ3v) is 5.95. The number of nitrogens with zero attached hydrogens (tertiary/aromatic N) is 2. The maximum absolute atomic E-state index is 12.7. The van der Waals surface area contributed by atoms with Crippen LogP contribution in [-0.2, 0) is 10.0 Å². The van der Waals surface area contributed by atoms with Gasteiger partial charge in [-0.2, -0.15) is 0 Å². The van der Waals surface area contributed by atoms with Crippen molar-refractivity contribution in [3.63, 3.8) is 0 Å². The fraction of sp³-hybridized carbons (Fsp3) is 0.231. The summed E-state index contributed by atoms with van der Waals surface area (Å²) in [4.78, 5) is 12.5. The second-order valence-electron chi connectivity index (χ2n) is 4.28. The van der Waals surface area contributed by atoms with Gasteiger partial charge in [-0.25, -0.2) is 12.7 Å². The van der Waals surface area contributed by atoms with Gasteiger partial charge < -0.3 is 4.52 Å². The zero-order chi connectivity index (χ0) is 16.5. The first-order valence-electron chi connectivity index (χ1n) is 5.97. The number of terminal acetylenes is 1. The molecule has 0 aromatic carbocycles. The molecule has 2 rings (SSSR count). The third-order valence-electron chi connectivity index (χ3n) is 2.76. The molecule has 22 heavy (non-hydrogen) atoms. The molecule has 2 aromatic rings. The lowest BCUT2D eigenvalue weighted by Crippen LogP contribution is -2.37. The minimum absolute atomic E-state index is 0.0940. The first kappa shape index (κ1) is 16.5. The molecule has 2 aromatic heterocycles. The van der Waals surface area contributed by atoms with Gasteiger partial charge in [0.2, 0.25) is 0 Å². The molecule has 0 radical (unpaired) electrons. The quantitative estimate of drug-likeness (QED) is 0.784. The summed E-state index contributed by atoms with van der Waals surface area (Å²) in [6.07, 6.45) is 5.21. The van der Waals surface area contributed by atoms with Crippen LogP contribution in [0.25, 0.3) is 0 Å². The maximum atomic E-state index is 12.7. The molecule has 0 saturated heterocycles. The molecule has 0 atom stereocenters. The lowest BCUT2D eigenvalue weighted by atomic mass is 10.4. The number of amides is 1. The maximum Gasteiger partial charge on any atom is 0.278 e. The molecule has 1 amide bonds. The normalized spacial score (nSPS) is 11.2. The molecule has 0 fully saturated rings. The molecule has 0 saturated carbocycles. The summed E-state index contributed by atoms with van der Waals surface area (Å²) < 4.78 is 31.3. The van der Waals surface area contributed by atoms with Crippen molar-refractivity contribution >= 4 is 38.9 Å². The van der Waals surface area contributed by atoms with Crippen LogP contribution in [0.4, 0.5) is 0 Å². The van der Waals surface area contributed by atoms with Crippen LogP contribution in [0.2, 0.25) is 4.34 Å². The fourth-order valence-electron chi connectivity index (χ4n) is 1.85. The van der Waals surface area contributed by atoms with Gasteiger partial charge >= 0.3 is 0 Å². The molecule has 0 bridgehead atoms. The molecule has 116 valence electrons. The molecule has 0 spiro atoms. The van der Waals surface area contributed by atoms with Crippen molar-refractivity contribution in [2.45, 2.75) is 18.7 Å². The second-order valence-corrected chi connectivity index (χ2v) is 7.79. The number of carbonyl (C=O) groups excluding carboxylic acids is 1. The highest BCUT2D eigenvalue weighted by atomic mass is 35.5. The largest absolute Gasteiger partial charge is 0.360 e. The highest BCUT2D eigenvalue weighted by Crippen LogP contribution is 2.27. The first-order chi connectivity index (χ1) is 10.3. The third kappa shape index (κ3) is 2.88. The summed E-state index contributed by atoms with van der Waals surface area (Å²) in [7, 11) is -4.17. The minimum Gasteiger partial charge on any atom is -0.360 e. The van der Waals surface area contributed by atoms with Gasteiger partial charge in [0, 0.05) is 0 Å². The first-order valence-corrected chi connectivity index (χ1v) is 8.61. The molecular weight excluding hydrogens is 348 g/mol. The number of aryl methyl sites for hydroxylation is 2. The van der Waals surface area contributed by atoms with Crippen molar-refractivity contribution in [1.29, 1.82) is 0 Å². The van der Waals surface area contributed by atoms with Crippen LogP contribution >= 0.6 is 22.9 Å². The second kappa shape index (κ2) is 6.12. The molecule has 0 aliphatic carbocycles. The Morgan fingerprint density at radius 3 is 2.64 bits per heavy atom. The van der Waals surface area contributed by atoms with E-state index in [0.29, 0.717) is 8.64 Å². The van der Waals surface area contributed by atoms with Gasteiger partial charge in [-0.05, 0) is 26.0 Å². The van der Waals surface area contributed by atoms with Gasteiger partial charge in [-0.1, -0.05) is 22.7 Å². The van der Waals surface area contributed by atoms with E-state index < -0.39 is 22.5 Å². The number of halogens is 1. The van der Waals surface area contributed by atoms with E-state index in [2.05, 4.69) is 11.1 Å². The Labute approximate surface area is 136 Å². The van der Waals surface area contributed by atoms with Crippen LogP contribution in [0.1, 0.15) is 21.1 Å². The number of aromatic nitrogens is 1. The van der Waals surface area contributed by atoms with Gasteiger partial charge in [0.1, 0.15) is 5.69 Å². The number of carbonyl (C=O) groups is 1. The SMILES string of the molecule is C#CCN(C(=O)c1ccc(Cl)s1)S(=O)(=O)c1c(C)noc1C. The minimum atomic E-state index is -4.17. The summed E-state index contributed by atoms with van der Waals surface area (Å²) in [6, 6.07) is 2.96. The highest BCUT2D eigenvalue weighted by molar-refractivity contribution is 7.89. The molecule has 9 heteroatoms. The van der Waals surface area contributed by atoms with Crippen LogP contribution < -0.4 is 0 Å². The number of sulfonamides is 1. The monoisotopic (exact) mass is 358 g/mol. The molecular formula is C13H11ClN2O4S2. The van der Waals surface area contributed by atoms with Crippen LogP contribution in [-0.4, -0.2) is 30.3 Å². The molecule has 0 N–H and O–H groups in total. The molecule has 0 aliphatic heterocycles. The Hall–Kier alpha value is -1.82. The Balaban J connectivity index is 2.52. The Morgan fingerprint density at radius 1 is 1.50 bits per heavy atom. The number of hydrogen-bond acceptors (Lipinski definition) is 6. The zero-order valence-electron chi connectivity index (χ0n) is 11.7. The summed E-state index contributed by atoms with van der Waals surface area (Å²) in [5.41, 5.74) is 0.163. The van der Waals surface area contributed by atoms with Crippen molar-refractivity contribution in [3.05, 3.63) is 32.8 Å². The van der Waals surface area contributed by atoms with Gasteiger partial charge in [-0.15, -0.1) is 17.8 Å². The van der Waals surface area contributed by atoms with Crippen LogP contribution in [0, 0.1) is 26.2 Å². The predicted octanol–water partition coefficient (Wildman–Crippen LogP) is 2.47. The van der Waals surface area contributed by atoms with Gasteiger partial charge in [0.25, 0.3) is 15.9 Å². The lowest BCUT2D eigenvalue weighted by Gasteiger charge is -2.19. The highest BCUT2D eigenvalue weighted by Gasteiger charge is 2.35. The molecule has 2 heterocycles. The molecule has 6 nitrogen and oxygen atoms in total. The number of thiophene rings is 1. The average molecular weight is 359 g/mol. The Kier molecular flexibility index (Phi) is 4.60. The lowest BCUT2D eigenvalue weighted by molar-refractivity contribution is 0.0877. The smallest absolute Gasteiger partial charge is 0.278 e. The van der Waals surface area contributed by atoms with Crippen LogP contribution in [0.15, 0.2) is 21.6 Å². The van der Waals surface area contributed by atoms with Crippen molar-refractivity contribution in [2.75, 3.05) is 6.54 Å². The average Bonchev–Trinajstić information content (AvgIpc) is 3.01. The topological polar surface area (TPSA) is 80.5 Å². The van der Waals surface area contributed by atoms with Crippen molar-refractivity contribution in [1.82, 2.24) is 9.46 Å². The van der Waals surface area contributed by atoms with E-state index in [1.165, 1.54) is 26.0 Å². The number of rotatable bonds is 4. The van der Waals surface area contributed by atoms with Crippen molar-refractivity contribution in [3.8, 4) is 12.3 Å². The van der Waals surface area contributed by atoms with Crippen molar-refractivity contribution < 1.29 is 17.7 Å². The Morgan fingerprint density at radius 2 is 2.18 bits per heavy atom. The van der Waals surface area contributed by atoms with E-state index in [0.717, 1.165) is 11.3 Å². The van der Waals surface area contributed by atoms with E-state index in [1.54, 1.807) is 0 Å². The van der Waals surface area contributed by atoms with Gasteiger partial charge in [-0.3, -0.25) is 4.79 Å². The zero-order valence-corrected chi connectivity index (χ0v) is 14.0. The van der Waals surface area contributed by atoms with E-state index in [-0.39, 0.29) is 21.2 Å². The van der Waals surface area contributed by atoms with Gasteiger partial charge in [0.15, 0.2) is 10.7 Å². The Bertz CT molecular complexity index is 841. The summed E-state index contributed by atoms with van der Waals surface area (Å²) in [5.74, 6) is 1.53. The van der Waals surface area contributed by atoms with E-state index >= 15 is 0 Å². The predicted molar refractivity (Wildman–Crippen MR) is 82.4 cm³/mol. The molecule has 0 aliphatic rings. The summed E-state index contributed by atoms with van der Waals surface area (Å²) in [5, 5.41) is 3.60. The van der Waals surface area contributed by atoms with E-state index in [1.807, 2.05) is 0 Å². The van der Waals surface area contributed by atoms with Crippen LogP contribution in [0.3, 0.4) is 0 Å².